The zero-order valence-electron chi connectivity index (χ0n) is 18.7. The van der Waals surface area contributed by atoms with E-state index in [0.717, 1.165) is 0 Å². The van der Waals surface area contributed by atoms with Crippen molar-refractivity contribution in [3.63, 3.8) is 0 Å². The van der Waals surface area contributed by atoms with E-state index in [1.54, 1.807) is 0 Å². The molecule has 0 aromatic heterocycles. The molecule has 0 aromatic rings. The summed E-state index contributed by atoms with van der Waals surface area (Å²) < 4.78 is 32.5. The van der Waals surface area contributed by atoms with Crippen LogP contribution in [0, 0.1) is 0 Å². The van der Waals surface area contributed by atoms with Gasteiger partial charge >= 0.3 is 0 Å². The lowest BCUT2D eigenvalue weighted by Crippen LogP contribution is -2.67. The topological polar surface area (TPSA) is 258 Å². The Balaban J connectivity index is 1.86. The number of hydrogen-bond acceptors (Lipinski definition) is 16. The molecule has 0 unspecified atom stereocenters. The second-order valence-corrected chi connectivity index (χ2v) is 8.55. The number of ether oxygens (including phenoxy) is 6. The van der Waals surface area contributed by atoms with Gasteiger partial charge in [0, 0.05) is 7.11 Å². The maximum Gasteiger partial charge on any atom is 0.187 e. The highest BCUT2D eigenvalue weighted by molar-refractivity contribution is 4.96. The van der Waals surface area contributed by atoms with Crippen molar-refractivity contribution in [2.24, 2.45) is 0 Å². The highest BCUT2D eigenvalue weighted by Crippen LogP contribution is 2.33. The molecule has 206 valence electrons. The van der Waals surface area contributed by atoms with Gasteiger partial charge in [0.15, 0.2) is 18.9 Å². The maximum absolute atomic E-state index is 10.8. The highest BCUT2D eigenvalue weighted by Gasteiger charge is 2.54. The Bertz CT molecular complexity index is 652. The molecule has 0 saturated carbocycles. The van der Waals surface area contributed by atoms with Gasteiger partial charge in [-0.3, -0.25) is 0 Å². The highest BCUT2D eigenvalue weighted by atomic mass is 16.8. The van der Waals surface area contributed by atoms with Crippen LogP contribution in [0.3, 0.4) is 0 Å². The van der Waals surface area contributed by atoms with Crippen LogP contribution in [-0.4, -0.2) is 170 Å². The summed E-state index contributed by atoms with van der Waals surface area (Å²) in [7, 11) is 1.19. The van der Waals surface area contributed by atoms with Gasteiger partial charge in [-0.15, -0.1) is 0 Å². The van der Waals surface area contributed by atoms with Crippen molar-refractivity contribution in [1.29, 1.82) is 0 Å². The minimum Gasteiger partial charge on any atom is -0.394 e. The molecule has 3 aliphatic heterocycles. The Labute approximate surface area is 199 Å². The van der Waals surface area contributed by atoms with Crippen LogP contribution in [0.25, 0.3) is 0 Å². The number of rotatable bonds is 8. The summed E-state index contributed by atoms with van der Waals surface area (Å²) >= 11 is 0. The SMILES string of the molecule is CO[C@H]1O[C@H](CO)[C@H](O[C@@H]2O[C@H](CO)[C@@H](O)[C@H](O)[C@H]2O)[C@H](O[C@@H]2O[C@H](CO)[C@@H](O)[C@H](O)[C@H]2O)[C@H]1O. The molecule has 0 amide bonds. The fourth-order valence-electron chi connectivity index (χ4n) is 4.23. The van der Waals surface area contributed by atoms with Crippen molar-refractivity contribution in [3.8, 4) is 0 Å². The van der Waals surface area contributed by atoms with Gasteiger partial charge in [-0.25, -0.2) is 0 Å². The average Bonchev–Trinajstić information content (AvgIpc) is 2.86. The maximum atomic E-state index is 10.8. The average molecular weight is 518 g/mol. The van der Waals surface area contributed by atoms with Crippen molar-refractivity contribution in [1.82, 2.24) is 0 Å². The predicted octanol–water partition coefficient (Wildman–Crippen LogP) is -6.92. The van der Waals surface area contributed by atoms with E-state index in [0.29, 0.717) is 0 Å². The first-order valence-electron chi connectivity index (χ1n) is 11.0. The van der Waals surface area contributed by atoms with E-state index < -0.39 is 112 Å². The summed E-state index contributed by atoms with van der Waals surface area (Å²) in [6, 6.07) is 0. The normalized spacial score (nSPS) is 51.3. The first kappa shape index (κ1) is 28.9. The molecule has 0 aliphatic carbocycles. The van der Waals surface area contributed by atoms with Gasteiger partial charge in [-0.1, -0.05) is 0 Å². The molecule has 3 rings (SSSR count). The van der Waals surface area contributed by atoms with E-state index in [1.807, 2.05) is 0 Å². The minimum absolute atomic E-state index is 0.733. The number of aliphatic hydroxyl groups is 10. The van der Waals surface area contributed by atoms with Crippen molar-refractivity contribution in [2.45, 2.75) is 92.1 Å². The van der Waals surface area contributed by atoms with Gasteiger partial charge in [0.25, 0.3) is 0 Å². The van der Waals surface area contributed by atoms with Crippen LogP contribution in [0.15, 0.2) is 0 Å². The molecule has 0 spiro atoms. The smallest absolute Gasteiger partial charge is 0.187 e. The molecule has 3 fully saturated rings. The number of methoxy groups -OCH3 is 1. The van der Waals surface area contributed by atoms with Crippen LogP contribution in [0.5, 0.6) is 0 Å². The van der Waals surface area contributed by atoms with Crippen molar-refractivity contribution >= 4 is 0 Å². The Hall–Kier alpha value is -0.640. The summed E-state index contributed by atoms with van der Waals surface area (Å²) in [5.74, 6) is 0. The van der Waals surface area contributed by atoms with Gasteiger partial charge in [-0.2, -0.15) is 0 Å². The summed E-state index contributed by atoms with van der Waals surface area (Å²) in [6.45, 7) is -2.22. The summed E-state index contributed by atoms with van der Waals surface area (Å²) in [6.07, 6.45) is -24.1. The summed E-state index contributed by atoms with van der Waals surface area (Å²) in [4.78, 5) is 0. The number of hydrogen-bond donors (Lipinski definition) is 10. The lowest BCUT2D eigenvalue weighted by atomic mass is 9.96. The molecule has 3 saturated heterocycles. The first-order chi connectivity index (χ1) is 16.6. The van der Waals surface area contributed by atoms with Gasteiger partial charge in [-0.05, 0) is 0 Å². The molecular formula is C19H34O16. The predicted molar refractivity (Wildman–Crippen MR) is 106 cm³/mol. The van der Waals surface area contributed by atoms with E-state index in [9.17, 15) is 51.1 Å². The van der Waals surface area contributed by atoms with E-state index in [1.165, 1.54) is 7.11 Å². The van der Waals surface area contributed by atoms with E-state index in [4.69, 9.17) is 28.4 Å². The molecule has 15 atom stereocenters. The van der Waals surface area contributed by atoms with Crippen LogP contribution in [0.2, 0.25) is 0 Å². The second kappa shape index (κ2) is 12.3. The van der Waals surface area contributed by atoms with Crippen LogP contribution in [0.1, 0.15) is 0 Å². The third-order valence-corrected chi connectivity index (χ3v) is 6.31. The van der Waals surface area contributed by atoms with Gasteiger partial charge in [0.2, 0.25) is 0 Å². The number of aliphatic hydroxyl groups excluding tert-OH is 10. The lowest BCUT2D eigenvalue weighted by molar-refractivity contribution is -0.385. The van der Waals surface area contributed by atoms with Crippen molar-refractivity contribution in [3.05, 3.63) is 0 Å². The van der Waals surface area contributed by atoms with Crippen LogP contribution >= 0.6 is 0 Å². The van der Waals surface area contributed by atoms with E-state index in [-0.39, 0.29) is 0 Å². The zero-order chi connectivity index (χ0) is 26.0. The Morgan fingerprint density at radius 2 is 0.886 bits per heavy atom. The fraction of sp³-hybridized carbons (Fsp3) is 1.00. The zero-order valence-corrected chi connectivity index (χ0v) is 18.7. The van der Waals surface area contributed by atoms with Crippen molar-refractivity contribution < 1.29 is 79.5 Å². The first-order valence-corrected chi connectivity index (χ1v) is 11.0. The fourth-order valence-corrected chi connectivity index (χ4v) is 4.23. The monoisotopic (exact) mass is 518 g/mol. The molecule has 0 radical (unpaired) electrons. The van der Waals surface area contributed by atoms with Crippen LogP contribution in [-0.2, 0) is 28.4 Å². The van der Waals surface area contributed by atoms with Crippen molar-refractivity contribution in [2.75, 3.05) is 26.9 Å². The quantitative estimate of drug-likeness (QED) is 0.143. The summed E-state index contributed by atoms with van der Waals surface area (Å²) in [5, 5.41) is 100. The van der Waals surface area contributed by atoms with Gasteiger partial charge in [0.05, 0.1) is 19.8 Å². The lowest BCUT2D eigenvalue weighted by Gasteiger charge is -2.48. The standard InChI is InChI=1S/C19H34O16/c1-30-17-14(29)16(35-19-13(28)11(26)9(24)6(3-21)32-19)15(7(4-22)33-17)34-18-12(27)10(25)8(23)5(2-20)31-18/h5-29H,2-4H2,1H3/t5-,6-,7-,8-,9-,10+,11+,12-,13-,14-,15+,16-,17+,18+,19+/m1/s1. The molecule has 0 aromatic carbocycles. The Morgan fingerprint density at radius 1 is 0.486 bits per heavy atom. The molecule has 3 aliphatic rings. The van der Waals surface area contributed by atoms with E-state index in [2.05, 4.69) is 0 Å². The Kier molecular flexibility index (Phi) is 10.1. The minimum atomic E-state index is -1.84. The molecular weight excluding hydrogens is 484 g/mol. The molecule has 35 heavy (non-hydrogen) atoms. The molecule has 10 N–H and O–H groups in total. The van der Waals surface area contributed by atoms with Gasteiger partial charge < -0.3 is 79.5 Å². The van der Waals surface area contributed by atoms with E-state index >= 15 is 0 Å². The molecule has 3 heterocycles. The molecule has 16 nitrogen and oxygen atoms in total. The Morgan fingerprint density at radius 3 is 1.29 bits per heavy atom. The summed E-state index contributed by atoms with van der Waals surface area (Å²) in [5.41, 5.74) is 0. The van der Waals surface area contributed by atoms with Crippen LogP contribution in [0.4, 0.5) is 0 Å². The third-order valence-electron chi connectivity index (χ3n) is 6.31. The molecule has 16 heteroatoms. The molecule has 0 bridgehead atoms. The van der Waals surface area contributed by atoms with Gasteiger partial charge in [0.1, 0.15) is 73.2 Å². The third kappa shape index (κ3) is 5.78. The second-order valence-electron chi connectivity index (χ2n) is 8.55. The van der Waals surface area contributed by atoms with Crippen LogP contribution < -0.4 is 0 Å². The largest absolute Gasteiger partial charge is 0.394 e.